The van der Waals surface area contributed by atoms with Crippen LogP contribution in [-0.4, -0.2) is 10.1 Å². The van der Waals surface area contributed by atoms with Gasteiger partial charge in [-0.1, -0.05) is 6.07 Å². The van der Waals surface area contributed by atoms with Crippen LogP contribution in [0.5, 0.6) is 5.75 Å². The molecule has 0 aliphatic carbocycles. The molecule has 0 saturated heterocycles. The molecule has 0 aliphatic rings. The summed E-state index contributed by atoms with van der Waals surface area (Å²) in [5.41, 5.74) is 1.51. The lowest BCUT2D eigenvalue weighted by molar-refractivity contribution is 0.198. The van der Waals surface area contributed by atoms with E-state index in [9.17, 15) is 9.50 Å². The van der Waals surface area contributed by atoms with E-state index in [0.717, 1.165) is 15.6 Å². The number of thiazole rings is 1. The molecule has 1 unspecified atom stereocenters. The molecule has 1 atom stereocenters. The van der Waals surface area contributed by atoms with Gasteiger partial charge in [0, 0.05) is 4.88 Å². The van der Waals surface area contributed by atoms with E-state index in [0.29, 0.717) is 5.56 Å². The monoisotopic (exact) mass is 281 g/mol. The van der Waals surface area contributed by atoms with Crippen molar-refractivity contribution in [1.29, 1.82) is 0 Å². The Morgan fingerprint density at radius 1 is 1.42 bits per heavy atom. The number of nitrogens with zero attached hydrogens (tertiary/aromatic N) is 1. The normalized spacial score (nSPS) is 12.5. The maximum Gasteiger partial charge on any atom is 0.165 e. The van der Waals surface area contributed by atoms with Gasteiger partial charge >= 0.3 is 0 Å². The second-order valence-corrected chi connectivity index (χ2v) is 5.69. The van der Waals surface area contributed by atoms with Crippen LogP contribution in [0.15, 0.2) is 18.2 Å². The molecule has 1 aromatic carbocycles. The summed E-state index contributed by atoms with van der Waals surface area (Å²) in [5.74, 6) is -0.293. The average Bonchev–Trinajstić information content (AvgIpc) is 2.67. The van der Waals surface area contributed by atoms with Crippen LogP contribution in [0.3, 0.4) is 0 Å². The van der Waals surface area contributed by atoms with Gasteiger partial charge in [-0.2, -0.15) is 0 Å². The van der Waals surface area contributed by atoms with Gasteiger partial charge in [0.25, 0.3) is 0 Å². The highest BCUT2D eigenvalue weighted by molar-refractivity contribution is 7.11. The van der Waals surface area contributed by atoms with Crippen LogP contribution in [-0.2, 0) is 6.61 Å². The van der Waals surface area contributed by atoms with Gasteiger partial charge in [-0.15, -0.1) is 11.3 Å². The number of ether oxygens (including phenoxy) is 1. The molecule has 0 radical (unpaired) electrons. The number of aromatic nitrogens is 1. The standard InChI is InChI=1S/C14H16FNO2S/c1-8-10(3)19-14(16-8)7-18-13-5-4-11(9(2)17)6-12(13)15/h4-6,9,17H,7H2,1-3H3. The van der Waals surface area contributed by atoms with Crippen molar-refractivity contribution in [2.75, 3.05) is 0 Å². The third kappa shape index (κ3) is 3.30. The fraction of sp³-hybridized carbons (Fsp3) is 0.357. The maximum absolute atomic E-state index is 13.7. The van der Waals surface area contributed by atoms with Crippen LogP contribution in [0.1, 0.15) is 34.2 Å². The summed E-state index contributed by atoms with van der Waals surface area (Å²) in [6.07, 6.45) is -0.687. The number of hydrogen-bond acceptors (Lipinski definition) is 4. The van der Waals surface area contributed by atoms with E-state index in [1.165, 1.54) is 12.1 Å². The van der Waals surface area contributed by atoms with Crippen LogP contribution >= 0.6 is 11.3 Å². The Morgan fingerprint density at radius 2 is 2.16 bits per heavy atom. The van der Waals surface area contributed by atoms with Gasteiger partial charge in [-0.25, -0.2) is 9.37 Å². The van der Waals surface area contributed by atoms with Crippen molar-refractivity contribution in [2.45, 2.75) is 33.5 Å². The number of rotatable bonds is 4. The predicted octanol–water partition coefficient (Wildman–Crippen LogP) is 3.53. The van der Waals surface area contributed by atoms with Gasteiger partial charge in [0.05, 0.1) is 11.8 Å². The summed E-state index contributed by atoms with van der Waals surface area (Å²) in [4.78, 5) is 5.47. The molecule has 1 aromatic heterocycles. The van der Waals surface area contributed by atoms with E-state index >= 15 is 0 Å². The Kier molecular flexibility index (Phi) is 4.17. The first-order chi connectivity index (χ1) is 8.97. The van der Waals surface area contributed by atoms with Gasteiger partial charge in [0.2, 0.25) is 0 Å². The van der Waals surface area contributed by atoms with Crippen molar-refractivity contribution in [1.82, 2.24) is 4.98 Å². The van der Waals surface area contributed by atoms with Gasteiger partial charge in [0.15, 0.2) is 11.6 Å². The second-order valence-electron chi connectivity index (χ2n) is 4.40. The zero-order valence-corrected chi connectivity index (χ0v) is 11.9. The van der Waals surface area contributed by atoms with Crippen molar-refractivity contribution >= 4 is 11.3 Å². The summed E-state index contributed by atoms with van der Waals surface area (Å²) >= 11 is 1.55. The van der Waals surface area contributed by atoms with Crippen LogP contribution in [0, 0.1) is 19.7 Å². The molecule has 102 valence electrons. The molecule has 0 bridgehead atoms. The summed E-state index contributed by atoms with van der Waals surface area (Å²) in [6.45, 7) is 5.78. The van der Waals surface area contributed by atoms with Gasteiger partial charge in [-0.05, 0) is 38.5 Å². The molecule has 0 amide bonds. The molecule has 19 heavy (non-hydrogen) atoms. The molecule has 5 heteroatoms. The third-order valence-electron chi connectivity index (χ3n) is 2.86. The molecule has 2 aromatic rings. The highest BCUT2D eigenvalue weighted by Crippen LogP contribution is 2.24. The van der Waals surface area contributed by atoms with Gasteiger partial charge < -0.3 is 9.84 Å². The molecular formula is C14H16FNO2S. The fourth-order valence-electron chi connectivity index (χ4n) is 1.63. The van der Waals surface area contributed by atoms with Crippen molar-refractivity contribution in [3.63, 3.8) is 0 Å². The molecule has 1 heterocycles. The quantitative estimate of drug-likeness (QED) is 0.932. The number of aliphatic hydroxyl groups excluding tert-OH is 1. The highest BCUT2D eigenvalue weighted by Gasteiger charge is 2.10. The van der Waals surface area contributed by atoms with E-state index < -0.39 is 11.9 Å². The fourth-order valence-corrected chi connectivity index (χ4v) is 2.48. The van der Waals surface area contributed by atoms with Crippen molar-refractivity contribution in [3.05, 3.63) is 45.2 Å². The molecule has 0 fully saturated rings. The molecule has 1 N–H and O–H groups in total. The Balaban J connectivity index is 2.07. The van der Waals surface area contributed by atoms with Crippen LogP contribution in [0.4, 0.5) is 4.39 Å². The highest BCUT2D eigenvalue weighted by atomic mass is 32.1. The average molecular weight is 281 g/mol. The topological polar surface area (TPSA) is 42.4 Å². The Hall–Kier alpha value is -1.46. The Labute approximate surface area is 115 Å². The van der Waals surface area contributed by atoms with E-state index in [1.54, 1.807) is 24.3 Å². The zero-order valence-electron chi connectivity index (χ0n) is 11.1. The first kappa shape index (κ1) is 14.0. The predicted molar refractivity (Wildman–Crippen MR) is 73.0 cm³/mol. The molecule has 0 saturated carbocycles. The zero-order chi connectivity index (χ0) is 14.0. The lowest BCUT2D eigenvalue weighted by atomic mass is 10.1. The minimum Gasteiger partial charge on any atom is -0.483 e. The van der Waals surface area contributed by atoms with Crippen LogP contribution in [0.2, 0.25) is 0 Å². The smallest absolute Gasteiger partial charge is 0.165 e. The van der Waals surface area contributed by atoms with Crippen molar-refractivity contribution < 1.29 is 14.2 Å². The van der Waals surface area contributed by atoms with Crippen molar-refractivity contribution in [2.24, 2.45) is 0 Å². The van der Waals surface area contributed by atoms with Gasteiger partial charge in [0.1, 0.15) is 11.6 Å². The summed E-state index contributed by atoms with van der Waals surface area (Å²) in [5, 5.41) is 10.2. The number of halogens is 1. The van der Waals surface area contributed by atoms with Crippen LogP contribution < -0.4 is 4.74 Å². The molecule has 2 rings (SSSR count). The maximum atomic E-state index is 13.7. The number of aliphatic hydroxyl groups is 1. The van der Waals surface area contributed by atoms with E-state index in [2.05, 4.69) is 4.98 Å². The number of benzene rings is 1. The summed E-state index contributed by atoms with van der Waals surface area (Å²) < 4.78 is 19.2. The molecule has 3 nitrogen and oxygen atoms in total. The largest absolute Gasteiger partial charge is 0.483 e. The minimum absolute atomic E-state index is 0.176. The first-order valence-corrected chi connectivity index (χ1v) is 6.82. The van der Waals surface area contributed by atoms with Gasteiger partial charge in [-0.3, -0.25) is 0 Å². The lowest BCUT2D eigenvalue weighted by Crippen LogP contribution is -1.99. The molecule has 0 spiro atoms. The van der Waals surface area contributed by atoms with E-state index in [1.807, 2.05) is 13.8 Å². The minimum atomic E-state index is -0.687. The summed E-state index contributed by atoms with van der Waals surface area (Å²) in [6, 6.07) is 4.48. The number of aryl methyl sites for hydroxylation is 2. The lowest BCUT2D eigenvalue weighted by Gasteiger charge is -2.09. The Morgan fingerprint density at radius 3 is 2.68 bits per heavy atom. The SMILES string of the molecule is Cc1nc(COc2ccc(C(C)O)cc2F)sc1C. The van der Waals surface area contributed by atoms with E-state index in [-0.39, 0.29) is 12.4 Å². The Bertz CT molecular complexity index is 561. The molecule has 0 aliphatic heterocycles. The van der Waals surface area contributed by atoms with Crippen LogP contribution in [0.25, 0.3) is 0 Å². The summed E-state index contributed by atoms with van der Waals surface area (Å²) in [7, 11) is 0. The van der Waals surface area contributed by atoms with E-state index in [4.69, 9.17) is 4.74 Å². The number of hydrogen-bond donors (Lipinski definition) is 1. The third-order valence-corrected chi connectivity index (χ3v) is 3.91. The van der Waals surface area contributed by atoms with Crippen molar-refractivity contribution in [3.8, 4) is 5.75 Å². The second kappa shape index (κ2) is 5.67. The first-order valence-electron chi connectivity index (χ1n) is 6.00. The molecular weight excluding hydrogens is 265 g/mol.